The standard InChI is InChI=1S/C15H13F3N4/c1-7-4-9(15(16,17)18)13-11(5-7)19-14(20-13)12-6-10(21-22-12)8-2-3-8/h4-6,8H,2-3H2,1H3,(H,19,20)(H,21,22). The zero-order valence-electron chi connectivity index (χ0n) is 11.8. The Morgan fingerprint density at radius 2 is 1.95 bits per heavy atom. The lowest BCUT2D eigenvalue weighted by Crippen LogP contribution is -2.06. The third-order valence-electron chi connectivity index (χ3n) is 3.89. The predicted octanol–water partition coefficient (Wildman–Crippen LogP) is 4.16. The number of halogens is 3. The number of benzene rings is 1. The summed E-state index contributed by atoms with van der Waals surface area (Å²) >= 11 is 0. The number of hydrogen-bond donors (Lipinski definition) is 2. The Morgan fingerprint density at radius 1 is 1.18 bits per heavy atom. The Hall–Kier alpha value is -2.31. The summed E-state index contributed by atoms with van der Waals surface area (Å²) in [5, 5.41) is 7.09. The lowest BCUT2D eigenvalue weighted by Gasteiger charge is -2.07. The van der Waals surface area contributed by atoms with E-state index in [0.717, 1.165) is 24.6 Å². The van der Waals surface area contributed by atoms with Gasteiger partial charge in [-0.15, -0.1) is 0 Å². The molecule has 1 saturated carbocycles. The van der Waals surface area contributed by atoms with Gasteiger partial charge in [0, 0.05) is 11.6 Å². The Morgan fingerprint density at radius 3 is 2.64 bits per heavy atom. The molecule has 1 aliphatic rings. The van der Waals surface area contributed by atoms with E-state index in [9.17, 15) is 13.2 Å². The number of imidazole rings is 1. The van der Waals surface area contributed by atoms with Crippen molar-refractivity contribution in [1.29, 1.82) is 0 Å². The first-order valence-corrected chi connectivity index (χ1v) is 7.05. The van der Waals surface area contributed by atoms with Crippen LogP contribution in [0.2, 0.25) is 0 Å². The van der Waals surface area contributed by atoms with E-state index >= 15 is 0 Å². The molecule has 114 valence electrons. The molecule has 22 heavy (non-hydrogen) atoms. The van der Waals surface area contributed by atoms with Crippen molar-refractivity contribution in [3.05, 3.63) is 35.0 Å². The highest BCUT2D eigenvalue weighted by Crippen LogP contribution is 2.40. The van der Waals surface area contributed by atoms with E-state index in [1.165, 1.54) is 0 Å². The predicted molar refractivity (Wildman–Crippen MR) is 75.4 cm³/mol. The molecule has 0 spiro atoms. The number of H-pyrrole nitrogens is 2. The van der Waals surface area contributed by atoms with E-state index in [2.05, 4.69) is 20.2 Å². The molecule has 0 atom stereocenters. The van der Waals surface area contributed by atoms with Gasteiger partial charge in [-0.3, -0.25) is 5.10 Å². The van der Waals surface area contributed by atoms with Gasteiger partial charge in [-0.25, -0.2) is 4.98 Å². The van der Waals surface area contributed by atoms with Crippen molar-refractivity contribution in [2.75, 3.05) is 0 Å². The van der Waals surface area contributed by atoms with Crippen molar-refractivity contribution in [2.45, 2.75) is 31.9 Å². The highest BCUT2D eigenvalue weighted by atomic mass is 19.4. The van der Waals surface area contributed by atoms with Crippen molar-refractivity contribution in [2.24, 2.45) is 0 Å². The monoisotopic (exact) mass is 306 g/mol. The van der Waals surface area contributed by atoms with E-state index in [-0.39, 0.29) is 5.52 Å². The molecule has 2 heterocycles. The number of nitrogens with one attached hydrogen (secondary N) is 2. The van der Waals surface area contributed by atoms with Crippen LogP contribution in [-0.2, 0) is 6.18 Å². The van der Waals surface area contributed by atoms with E-state index in [0.29, 0.717) is 28.5 Å². The molecule has 2 N–H and O–H groups in total. The summed E-state index contributed by atoms with van der Waals surface area (Å²) in [7, 11) is 0. The van der Waals surface area contributed by atoms with Gasteiger partial charge in [-0.2, -0.15) is 18.3 Å². The second-order valence-electron chi connectivity index (χ2n) is 5.77. The molecular weight excluding hydrogens is 293 g/mol. The molecule has 0 aliphatic heterocycles. The van der Waals surface area contributed by atoms with Gasteiger partial charge in [0.25, 0.3) is 0 Å². The molecule has 4 nitrogen and oxygen atoms in total. The average molecular weight is 306 g/mol. The summed E-state index contributed by atoms with van der Waals surface area (Å²) < 4.78 is 39.5. The minimum absolute atomic E-state index is 0.0657. The fourth-order valence-corrected chi connectivity index (χ4v) is 2.66. The first-order chi connectivity index (χ1) is 10.4. The highest BCUT2D eigenvalue weighted by molar-refractivity contribution is 5.83. The number of rotatable bonds is 2. The van der Waals surface area contributed by atoms with E-state index in [1.807, 2.05) is 6.07 Å². The van der Waals surface area contributed by atoms with Crippen molar-refractivity contribution in [1.82, 2.24) is 20.2 Å². The third-order valence-corrected chi connectivity index (χ3v) is 3.89. The van der Waals surface area contributed by atoms with Crippen molar-refractivity contribution < 1.29 is 13.2 Å². The van der Waals surface area contributed by atoms with Crippen molar-refractivity contribution >= 4 is 11.0 Å². The number of alkyl halides is 3. The zero-order chi connectivity index (χ0) is 15.5. The van der Waals surface area contributed by atoms with Gasteiger partial charge in [0.2, 0.25) is 0 Å². The van der Waals surface area contributed by atoms with Gasteiger partial charge in [0.15, 0.2) is 5.82 Å². The molecule has 7 heteroatoms. The maximum absolute atomic E-state index is 13.2. The molecule has 0 unspecified atom stereocenters. The summed E-state index contributed by atoms with van der Waals surface area (Å²) in [6.45, 7) is 1.63. The van der Waals surface area contributed by atoms with Gasteiger partial charge in [-0.1, -0.05) is 0 Å². The topological polar surface area (TPSA) is 57.4 Å². The van der Waals surface area contributed by atoms with Crippen LogP contribution in [0.5, 0.6) is 0 Å². The van der Waals surface area contributed by atoms with Crippen molar-refractivity contribution in [3.8, 4) is 11.5 Å². The van der Waals surface area contributed by atoms with Gasteiger partial charge in [0.05, 0.1) is 11.1 Å². The van der Waals surface area contributed by atoms with Crippen LogP contribution in [0.25, 0.3) is 22.6 Å². The second kappa shape index (κ2) is 4.34. The van der Waals surface area contributed by atoms with E-state index < -0.39 is 11.7 Å². The lowest BCUT2D eigenvalue weighted by molar-refractivity contribution is -0.136. The summed E-state index contributed by atoms with van der Waals surface area (Å²) in [4.78, 5) is 7.07. The summed E-state index contributed by atoms with van der Waals surface area (Å²) in [6, 6.07) is 4.64. The van der Waals surface area contributed by atoms with Crippen LogP contribution < -0.4 is 0 Å². The minimum atomic E-state index is -4.43. The number of aryl methyl sites for hydroxylation is 1. The van der Waals surface area contributed by atoms with Crippen LogP contribution >= 0.6 is 0 Å². The largest absolute Gasteiger partial charge is 0.418 e. The lowest BCUT2D eigenvalue weighted by atomic mass is 10.1. The van der Waals surface area contributed by atoms with Gasteiger partial charge < -0.3 is 4.98 Å². The van der Waals surface area contributed by atoms with Gasteiger partial charge in [-0.05, 0) is 43.5 Å². The molecular formula is C15H13F3N4. The van der Waals surface area contributed by atoms with Crippen LogP contribution in [-0.4, -0.2) is 20.2 Å². The Bertz CT molecular complexity index is 855. The molecule has 1 aliphatic carbocycles. The van der Waals surface area contributed by atoms with E-state index in [4.69, 9.17) is 0 Å². The molecule has 0 saturated heterocycles. The Balaban J connectivity index is 1.85. The quantitative estimate of drug-likeness (QED) is 0.747. The van der Waals surface area contributed by atoms with Crippen LogP contribution in [0.15, 0.2) is 18.2 Å². The van der Waals surface area contributed by atoms with E-state index in [1.54, 1.807) is 13.0 Å². The fourth-order valence-electron chi connectivity index (χ4n) is 2.66. The molecule has 0 bridgehead atoms. The fraction of sp³-hybridized carbons (Fsp3) is 0.333. The summed E-state index contributed by atoms with van der Waals surface area (Å²) in [6.07, 6.45) is -2.18. The molecule has 1 aromatic carbocycles. The molecule has 0 amide bonds. The summed E-state index contributed by atoms with van der Waals surface area (Å²) in [5.74, 6) is 0.854. The second-order valence-corrected chi connectivity index (χ2v) is 5.77. The van der Waals surface area contributed by atoms with Crippen LogP contribution in [0, 0.1) is 6.92 Å². The molecule has 1 fully saturated rings. The minimum Gasteiger partial charge on any atom is -0.337 e. The number of aromatic amines is 2. The average Bonchev–Trinajstić information content (AvgIpc) is 3.01. The van der Waals surface area contributed by atoms with Crippen molar-refractivity contribution in [3.63, 3.8) is 0 Å². The molecule has 3 aromatic rings. The number of nitrogens with zero attached hydrogens (tertiary/aromatic N) is 2. The normalized spacial score (nSPS) is 15.6. The third kappa shape index (κ3) is 2.17. The number of aromatic nitrogens is 4. The van der Waals surface area contributed by atoms with Crippen LogP contribution in [0.3, 0.4) is 0 Å². The first-order valence-electron chi connectivity index (χ1n) is 7.05. The first kappa shape index (κ1) is 13.4. The Labute approximate surface area is 123 Å². The van der Waals surface area contributed by atoms with Gasteiger partial charge in [0.1, 0.15) is 11.2 Å². The van der Waals surface area contributed by atoms with Crippen LogP contribution in [0.4, 0.5) is 13.2 Å². The van der Waals surface area contributed by atoms with Crippen LogP contribution in [0.1, 0.15) is 35.6 Å². The molecule has 0 radical (unpaired) electrons. The van der Waals surface area contributed by atoms with Gasteiger partial charge >= 0.3 is 6.18 Å². The number of fused-ring (bicyclic) bond motifs is 1. The Kier molecular flexibility index (Phi) is 2.64. The smallest absolute Gasteiger partial charge is 0.337 e. The maximum Gasteiger partial charge on any atom is 0.418 e. The summed E-state index contributed by atoms with van der Waals surface area (Å²) in [5.41, 5.74) is 1.69. The molecule has 4 rings (SSSR count). The zero-order valence-corrected chi connectivity index (χ0v) is 11.8. The number of hydrogen-bond acceptors (Lipinski definition) is 2. The highest BCUT2D eigenvalue weighted by Gasteiger charge is 2.34. The maximum atomic E-state index is 13.2. The SMILES string of the molecule is Cc1cc(C(F)(F)F)c2nc(-c3cc(C4CC4)[nH]n3)[nH]c2c1. The molecule has 2 aromatic heterocycles.